The zero-order chi connectivity index (χ0) is 12.8. The van der Waals surface area contributed by atoms with E-state index < -0.39 is 6.04 Å². The molecule has 0 heterocycles. The minimum absolute atomic E-state index is 0.0240. The average molecular weight is 234 g/mol. The van der Waals surface area contributed by atoms with E-state index >= 15 is 0 Å². The van der Waals surface area contributed by atoms with E-state index in [1.54, 1.807) is 4.90 Å². The highest BCUT2D eigenvalue weighted by atomic mass is 16.2. The Morgan fingerprint density at radius 3 is 2.41 bits per heavy atom. The van der Waals surface area contributed by atoms with Crippen molar-refractivity contribution >= 4 is 5.91 Å². The van der Waals surface area contributed by atoms with Crippen molar-refractivity contribution in [1.82, 2.24) is 4.90 Å². The van der Waals surface area contributed by atoms with E-state index in [9.17, 15) is 4.79 Å². The molecule has 1 amide bonds. The summed E-state index contributed by atoms with van der Waals surface area (Å²) in [5.74, 6) is 0.206. The third kappa shape index (κ3) is 4.19. The summed E-state index contributed by atoms with van der Waals surface area (Å²) in [6.07, 6.45) is 0.869. The molecule has 0 saturated heterocycles. The zero-order valence-corrected chi connectivity index (χ0v) is 10.9. The molecule has 94 valence electrons. The Morgan fingerprint density at radius 2 is 1.88 bits per heavy atom. The van der Waals surface area contributed by atoms with E-state index in [1.165, 1.54) is 5.56 Å². The van der Waals surface area contributed by atoms with Crippen molar-refractivity contribution in [2.24, 2.45) is 11.7 Å². The molecular formula is C14H22N2O. The van der Waals surface area contributed by atoms with Crippen LogP contribution in [0.15, 0.2) is 30.3 Å². The van der Waals surface area contributed by atoms with Gasteiger partial charge in [-0.1, -0.05) is 44.2 Å². The summed E-state index contributed by atoms with van der Waals surface area (Å²) in [5.41, 5.74) is 7.08. The first-order valence-corrected chi connectivity index (χ1v) is 6.07. The monoisotopic (exact) mass is 234 g/mol. The maximum Gasteiger partial charge on any atom is 0.239 e. The van der Waals surface area contributed by atoms with Gasteiger partial charge < -0.3 is 10.6 Å². The number of amides is 1. The number of carbonyl (C=O) groups excluding carboxylic acids is 1. The molecule has 0 spiro atoms. The molecule has 1 atom stereocenters. The second-order valence-electron chi connectivity index (χ2n) is 4.77. The van der Waals surface area contributed by atoms with Crippen molar-refractivity contribution in [1.29, 1.82) is 0 Å². The van der Waals surface area contributed by atoms with E-state index in [-0.39, 0.29) is 11.8 Å². The van der Waals surface area contributed by atoms with Crippen molar-refractivity contribution in [3.05, 3.63) is 35.9 Å². The van der Waals surface area contributed by atoms with Crippen molar-refractivity contribution < 1.29 is 4.79 Å². The van der Waals surface area contributed by atoms with Gasteiger partial charge in [0.1, 0.15) is 0 Å². The number of rotatable bonds is 5. The van der Waals surface area contributed by atoms with E-state index in [2.05, 4.69) is 12.1 Å². The van der Waals surface area contributed by atoms with E-state index in [0.717, 1.165) is 6.42 Å². The molecule has 3 heteroatoms. The van der Waals surface area contributed by atoms with Crippen LogP contribution in [0.1, 0.15) is 19.4 Å². The minimum Gasteiger partial charge on any atom is -0.344 e. The summed E-state index contributed by atoms with van der Waals surface area (Å²) < 4.78 is 0. The SMILES string of the molecule is CC(C)[C@@H](N)C(=O)N(C)CCc1ccccc1. The smallest absolute Gasteiger partial charge is 0.239 e. The summed E-state index contributed by atoms with van der Waals surface area (Å²) in [5, 5.41) is 0. The van der Waals surface area contributed by atoms with Crippen LogP contribution in [-0.2, 0) is 11.2 Å². The van der Waals surface area contributed by atoms with Crippen molar-refractivity contribution in [3.63, 3.8) is 0 Å². The van der Waals surface area contributed by atoms with Crippen molar-refractivity contribution in [2.45, 2.75) is 26.3 Å². The average Bonchev–Trinajstić information content (AvgIpc) is 2.35. The van der Waals surface area contributed by atoms with Gasteiger partial charge in [-0.15, -0.1) is 0 Å². The van der Waals surface area contributed by atoms with Crippen molar-refractivity contribution in [2.75, 3.05) is 13.6 Å². The number of hydrogen-bond donors (Lipinski definition) is 1. The fourth-order valence-electron chi connectivity index (χ4n) is 1.59. The molecule has 0 aliphatic heterocycles. The maximum atomic E-state index is 11.9. The highest BCUT2D eigenvalue weighted by Crippen LogP contribution is 2.04. The Bertz CT molecular complexity index is 348. The van der Waals surface area contributed by atoms with Crippen LogP contribution in [0.2, 0.25) is 0 Å². The highest BCUT2D eigenvalue weighted by Gasteiger charge is 2.20. The summed E-state index contributed by atoms with van der Waals surface area (Å²) in [7, 11) is 1.81. The largest absolute Gasteiger partial charge is 0.344 e. The Balaban J connectivity index is 2.45. The minimum atomic E-state index is -0.393. The second-order valence-corrected chi connectivity index (χ2v) is 4.77. The predicted molar refractivity (Wildman–Crippen MR) is 70.6 cm³/mol. The Kier molecular flexibility index (Phi) is 5.16. The lowest BCUT2D eigenvalue weighted by molar-refractivity contribution is -0.132. The molecule has 0 aliphatic rings. The Morgan fingerprint density at radius 1 is 1.29 bits per heavy atom. The second kappa shape index (κ2) is 6.40. The number of carbonyl (C=O) groups is 1. The van der Waals surface area contributed by atoms with E-state index in [4.69, 9.17) is 5.73 Å². The number of benzene rings is 1. The Labute approximate surface area is 104 Å². The summed E-state index contributed by atoms with van der Waals surface area (Å²) in [4.78, 5) is 13.6. The summed E-state index contributed by atoms with van der Waals surface area (Å²) in [6, 6.07) is 9.76. The molecule has 0 aromatic heterocycles. The molecule has 0 unspecified atom stereocenters. The van der Waals surface area contributed by atoms with Crippen LogP contribution in [-0.4, -0.2) is 30.4 Å². The van der Waals surface area contributed by atoms with Crippen LogP contribution in [0.4, 0.5) is 0 Å². The van der Waals surface area contributed by atoms with Gasteiger partial charge in [0.25, 0.3) is 0 Å². The van der Waals surface area contributed by atoms with Crippen LogP contribution in [0.25, 0.3) is 0 Å². The number of likely N-dealkylation sites (N-methyl/N-ethyl adjacent to an activating group) is 1. The molecule has 0 radical (unpaired) electrons. The van der Waals surface area contributed by atoms with Gasteiger partial charge in [0.05, 0.1) is 6.04 Å². The third-order valence-electron chi connectivity index (χ3n) is 2.96. The van der Waals surface area contributed by atoms with Gasteiger partial charge in [-0.3, -0.25) is 4.79 Å². The number of nitrogens with zero attached hydrogens (tertiary/aromatic N) is 1. The third-order valence-corrected chi connectivity index (χ3v) is 2.96. The van der Waals surface area contributed by atoms with Crippen LogP contribution < -0.4 is 5.73 Å². The molecule has 0 bridgehead atoms. The molecular weight excluding hydrogens is 212 g/mol. The van der Waals surface area contributed by atoms with E-state index in [0.29, 0.717) is 6.54 Å². The molecule has 3 nitrogen and oxygen atoms in total. The lowest BCUT2D eigenvalue weighted by Crippen LogP contribution is -2.45. The van der Waals surface area contributed by atoms with Crippen LogP contribution in [0.5, 0.6) is 0 Å². The lowest BCUT2D eigenvalue weighted by Gasteiger charge is -2.23. The predicted octanol–water partition coefficient (Wildman–Crippen LogP) is 1.67. The van der Waals surface area contributed by atoms with Crippen LogP contribution in [0, 0.1) is 5.92 Å². The normalized spacial score (nSPS) is 12.5. The van der Waals surface area contributed by atoms with Gasteiger partial charge in [-0.25, -0.2) is 0 Å². The standard InChI is InChI=1S/C14H22N2O/c1-11(2)13(15)14(17)16(3)10-9-12-7-5-4-6-8-12/h4-8,11,13H,9-10,15H2,1-3H3/t13-/m1/s1. The first-order valence-electron chi connectivity index (χ1n) is 6.07. The highest BCUT2D eigenvalue weighted by molar-refractivity contribution is 5.81. The zero-order valence-electron chi connectivity index (χ0n) is 10.9. The molecule has 0 fully saturated rings. The van der Waals surface area contributed by atoms with Gasteiger partial charge in [0.15, 0.2) is 0 Å². The quantitative estimate of drug-likeness (QED) is 0.842. The van der Waals surface area contributed by atoms with Crippen LogP contribution in [0.3, 0.4) is 0 Å². The van der Waals surface area contributed by atoms with Gasteiger partial charge in [-0.2, -0.15) is 0 Å². The molecule has 1 rings (SSSR count). The molecule has 2 N–H and O–H groups in total. The van der Waals surface area contributed by atoms with Crippen LogP contribution >= 0.6 is 0 Å². The van der Waals surface area contributed by atoms with Gasteiger partial charge in [0, 0.05) is 13.6 Å². The summed E-state index contributed by atoms with van der Waals surface area (Å²) >= 11 is 0. The number of hydrogen-bond acceptors (Lipinski definition) is 2. The molecule has 1 aromatic carbocycles. The van der Waals surface area contributed by atoms with Gasteiger partial charge in [0.2, 0.25) is 5.91 Å². The fourth-order valence-corrected chi connectivity index (χ4v) is 1.59. The lowest BCUT2D eigenvalue weighted by atomic mass is 10.0. The fraction of sp³-hybridized carbons (Fsp3) is 0.500. The van der Waals surface area contributed by atoms with Gasteiger partial charge >= 0.3 is 0 Å². The molecule has 0 saturated carbocycles. The molecule has 0 aliphatic carbocycles. The molecule has 1 aromatic rings. The van der Waals surface area contributed by atoms with Crippen molar-refractivity contribution in [3.8, 4) is 0 Å². The number of nitrogens with two attached hydrogens (primary N) is 1. The first kappa shape index (κ1) is 13.7. The van der Waals surface area contributed by atoms with Gasteiger partial charge in [-0.05, 0) is 17.9 Å². The Hall–Kier alpha value is -1.35. The first-order chi connectivity index (χ1) is 8.02. The topological polar surface area (TPSA) is 46.3 Å². The maximum absolute atomic E-state index is 11.9. The molecule has 17 heavy (non-hydrogen) atoms. The van der Waals surface area contributed by atoms with E-state index in [1.807, 2.05) is 39.1 Å². The summed E-state index contributed by atoms with van der Waals surface area (Å²) in [6.45, 7) is 4.64.